The molecule has 1 nitrogen and oxygen atoms in total. The van der Waals surface area contributed by atoms with E-state index >= 15 is 0 Å². The monoisotopic (exact) mass is 361 g/mol. The van der Waals surface area contributed by atoms with Crippen LogP contribution in [-0.4, -0.2) is 22.4 Å². The molecule has 0 saturated carbocycles. The van der Waals surface area contributed by atoms with Gasteiger partial charge in [0.2, 0.25) is 11.4 Å². The van der Waals surface area contributed by atoms with Gasteiger partial charge in [0, 0.05) is 11.6 Å². The molecule has 2 heterocycles. The molecule has 1 aromatic rings. The van der Waals surface area contributed by atoms with E-state index in [9.17, 15) is 0 Å². The molecule has 0 spiro atoms. The minimum Gasteiger partial charge on any atom is -1.00 e. The molecule has 0 unspecified atom stereocenters. The summed E-state index contributed by atoms with van der Waals surface area (Å²) in [7, 11) is 0. The Balaban J connectivity index is 0.000000963. The molecule has 0 atom stereocenters. The number of halogens is 1. The minimum absolute atomic E-state index is 0. The maximum absolute atomic E-state index is 2.45. The van der Waals surface area contributed by atoms with Crippen LogP contribution in [0.5, 0.6) is 0 Å². The Labute approximate surface area is 121 Å². The zero-order chi connectivity index (χ0) is 10.3. The van der Waals surface area contributed by atoms with E-state index in [4.69, 9.17) is 0 Å². The SMILES string of the molecule is CSC1=CSC[N+]2=C1Cc1ccccc12.[I-]. The summed E-state index contributed by atoms with van der Waals surface area (Å²) in [6.07, 6.45) is 3.26. The number of fused-ring (bicyclic) bond motifs is 2. The molecule has 16 heavy (non-hydrogen) atoms. The summed E-state index contributed by atoms with van der Waals surface area (Å²) in [5.41, 5.74) is 4.36. The lowest BCUT2D eigenvalue weighted by Crippen LogP contribution is -3.00. The predicted octanol–water partition coefficient (Wildman–Crippen LogP) is 0.240. The Morgan fingerprint density at radius 1 is 1.31 bits per heavy atom. The summed E-state index contributed by atoms with van der Waals surface area (Å²) in [5.74, 6) is 1.07. The van der Waals surface area contributed by atoms with Crippen molar-refractivity contribution in [3.8, 4) is 0 Å². The summed E-state index contributed by atoms with van der Waals surface area (Å²) >= 11 is 3.74. The highest BCUT2D eigenvalue weighted by molar-refractivity contribution is 8.06. The number of nitrogens with zero attached hydrogens (tertiary/aromatic N) is 1. The van der Waals surface area contributed by atoms with E-state index in [1.165, 1.54) is 21.9 Å². The topological polar surface area (TPSA) is 3.01 Å². The summed E-state index contributed by atoms with van der Waals surface area (Å²) in [6.45, 7) is 0. The molecule has 2 aliphatic rings. The van der Waals surface area contributed by atoms with Crippen molar-refractivity contribution in [2.75, 3.05) is 12.1 Å². The summed E-state index contributed by atoms with van der Waals surface area (Å²) in [5, 5.41) is 2.29. The zero-order valence-electron chi connectivity index (χ0n) is 8.94. The highest BCUT2D eigenvalue weighted by atomic mass is 127. The Kier molecular flexibility index (Phi) is 4.02. The highest BCUT2D eigenvalue weighted by Gasteiger charge is 2.33. The number of allylic oxidation sites excluding steroid dienone is 1. The molecule has 0 saturated heterocycles. The van der Waals surface area contributed by atoms with Crippen molar-refractivity contribution >= 4 is 34.9 Å². The van der Waals surface area contributed by atoms with E-state index in [1.807, 2.05) is 23.5 Å². The van der Waals surface area contributed by atoms with Gasteiger partial charge in [0.05, 0.1) is 11.3 Å². The van der Waals surface area contributed by atoms with Crippen molar-refractivity contribution in [1.29, 1.82) is 0 Å². The fraction of sp³-hybridized carbons (Fsp3) is 0.250. The normalized spacial score (nSPS) is 17.4. The number of thioether (sulfide) groups is 2. The van der Waals surface area contributed by atoms with Gasteiger partial charge in [-0.25, -0.2) is 0 Å². The fourth-order valence-electron chi connectivity index (χ4n) is 2.13. The summed E-state index contributed by atoms with van der Waals surface area (Å²) in [6, 6.07) is 8.73. The van der Waals surface area contributed by atoms with E-state index < -0.39 is 0 Å². The lowest BCUT2D eigenvalue weighted by molar-refractivity contribution is -0.412. The van der Waals surface area contributed by atoms with Crippen molar-refractivity contribution in [3.05, 3.63) is 40.1 Å². The molecule has 0 bridgehead atoms. The van der Waals surface area contributed by atoms with E-state index in [2.05, 4.69) is 40.5 Å². The summed E-state index contributed by atoms with van der Waals surface area (Å²) in [4.78, 5) is 1.43. The van der Waals surface area contributed by atoms with Gasteiger partial charge in [0.25, 0.3) is 0 Å². The van der Waals surface area contributed by atoms with Crippen molar-refractivity contribution < 1.29 is 28.6 Å². The molecule has 2 aliphatic heterocycles. The van der Waals surface area contributed by atoms with Crippen molar-refractivity contribution in [2.45, 2.75) is 6.42 Å². The molecule has 0 aliphatic carbocycles. The van der Waals surface area contributed by atoms with Gasteiger partial charge in [-0.2, -0.15) is 4.58 Å². The molecule has 1 aromatic carbocycles. The van der Waals surface area contributed by atoms with Gasteiger partial charge in [-0.1, -0.05) is 30.0 Å². The second-order valence-corrected chi connectivity index (χ2v) is 5.34. The Hall–Kier alpha value is 0.0600. The van der Waals surface area contributed by atoms with Gasteiger partial charge in [-0.3, -0.25) is 0 Å². The van der Waals surface area contributed by atoms with E-state index in [1.54, 1.807) is 0 Å². The van der Waals surface area contributed by atoms with Gasteiger partial charge in [-0.05, 0) is 11.7 Å². The third-order valence-corrected chi connectivity index (χ3v) is 4.62. The largest absolute Gasteiger partial charge is 1.00 e. The minimum atomic E-state index is 0. The first-order valence-corrected chi connectivity index (χ1v) is 7.25. The molecular formula is C12H12INS2. The van der Waals surface area contributed by atoms with Crippen molar-refractivity contribution in [3.63, 3.8) is 0 Å². The van der Waals surface area contributed by atoms with Crippen LogP contribution in [0, 0.1) is 0 Å². The van der Waals surface area contributed by atoms with Crippen LogP contribution in [0.1, 0.15) is 5.56 Å². The fourth-order valence-corrected chi connectivity index (χ4v) is 3.95. The average Bonchev–Trinajstić information content (AvgIpc) is 2.67. The van der Waals surface area contributed by atoms with Crippen LogP contribution in [0.15, 0.2) is 34.6 Å². The van der Waals surface area contributed by atoms with Gasteiger partial charge >= 0.3 is 0 Å². The predicted molar refractivity (Wildman–Crippen MR) is 69.1 cm³/mol. The van der Waals surface area contributed by atoms with Gasteiger partial charge in [0.1, 0.15) is 0 Å². The third kappa shape index (κ3) is 1.95. The van der Waals surface area contributed by atoms with E-state index in [0.717, 1.165) is 12.3 Å². The van der Waals surface area contributed by atoms with Gasteiger partial charge in [0.15, 0.2) is 5.88 Å². The van der Waals surface area contributed by atoms with E-state index in [-0.39, 0.29) is 24.0 Å². The quantitative estimate of drug-likeness (QED) is 0.521. The van der Waals surface area contributed by atoms with Crippen LogP contribution in [0.3, 0.4) is 0 Å². The smallest absolute Gasteiger partial charge is 0.209 e. The molecule has 0 radical (unpaired) electrons. The van der Waals surface area contributed by atoms with Crippen molar-refractivity contribution in [2.24, 2.45) is 0 Å². The standard InChI is InChI=1S/C12H12NS2.HI/c1-14-12-7-15-8-13-10-5-3-2-4-9(10)6-11(12)13;/h2-5,7H,6,8H2,1H3;1H/q+1;/p-1. The van der Waals surface area contributed by atoms with Crippen LogP contribution >= 0.6 is 23.5 Å². The Morgan fingerprint density at radius 3 is 2.94 bits per heavy atom. The molecule has 0 fully saturated rings. The lowest BCUT2D eigenvalue weighted by Gasteiger charge is -2.08. The molecular weight excluding hydrogens is 349 g/mol. The van der Waals surface area contributed by atoms with Crippen LogP contribution in [-0.2, 0) is 6.42 Å². The van der Waals surface area contributed by atoms with Gasteiger partial charge in [-0.15, -0.1) is 11.8 Å². The van der Waals surface area contributed by atoms with Crippen LogP contribution < -0.4 is 24.0 Å². The van der Waals surface area contributed by atoms with Crippen molar-refractivity contribution in [1.82, 2.24) is 0 Å². The Morgan fingerprint density at radius 2 is 2.12 bits per heavy atom. The molecule has 3 rings (SSSR count). The zero-order valence-corrected chi connectivity index (χ0v) is 12.7. The molecule has 0 N–H and O–H groups in total. The van der Waals surface area contributed by atoms with E-state index in [0.29, 0.717) is 0 Å². The highest BCUT2D eigenvalue weighted by Crippen LogP contribution is 2.35. The number of rotatable bonds is 1. The maximum atomic E-state index is 2.45. The van der Waals surface area contributed by atoms with Gasteiger partial charge < -0.3 is 24.0 Å². The molecule has 84 valence electrons. The first-order chi connectivity index (χ1) is 7.40. The second-order valence-electron chi connectivity index (χ2n) is 3.66. The first-order valence-electron chi connectivity index (χ1n) is 4.97. The second kappa shape index (κ2) is 5.14. The molecule has 0 aromatic heterocycles. The number of para-hydroxylation sites is 1. The maximum Gasteiger partial charge on any atom is 0.209 e. The number of benzene rings is 1. The van der Waals surface area contributed by atoms with Crippen LogP contribution in [0.4, 0.5) is 5.69 Å². The lowest BCUT2D eigenvalue weighted by atomic mass is 10.1. The number of hydrogen-bond acceptors (Lipinski definition) is 2. The molecule has 0 amide bonds. The average molecular weight is 361 g/mol. The molecule has 4 heteroatoms. The van der Waals surface area contributed by atoms with Crippen LogP contribution in [0.2, 0.25) is 0 Å². The first kappa shape index (κ1) is 12.5. The number of hydrogen-bond donors (Lipinski definition) is 0. The summed E-state index contributed by atoms with van der Waals surface area (Å²) < 4.78 is 2.45. The van der Waals surface area contributed by atoms with Crippen LogP contribution in [0.25, 0.3) is 0 Å². The Bertz CT molecular complexity index is 480. The third-order valence-electron chi connectivity index (χ3n) is 2.86.